The van der Waals surface area contributed by atoms with Crippen molar-refractivity contribution in [1.82, 2.24) is 25.4 Å². The minimum absolute atomic E-state index is 0.181. The summed E-state index contributed by atoms with van der Waals surface area (Å²) in [7, 11) is 3.18. The number of ether oxygens (including phenoxy) is 2. The molecule has 0 bridgehead atoms. The number of hydrogen-bond acceptors (Lipinski definition) is 8. The number of thiazole rings is 1. The van der Waals surface area contributed by atoms with Gasteiger partial charge in [-0.25, -0.2) is 4.98 Å². The Labute approximate surface area is 286 Å². The van der Waals surface area contributed by atoms with Gasteiger partial charge in [-0.3, -0.25) is 19.2 Å². The van der Waals surface area contributed by atoms with E-state index in [0.717, 1.165) is 34.7 Å². The van der Waals surface area contributed by atoms with E-state index in [9.17, 15) is 19.2 Å². The molecule has 2 aliphatic rings. The highest BCUT2D eigenvalue weighted by molar-refractivity contribution is 7.09. The molecule has 0 spiro atoms. The predicted molar refractivity (Wildman–Crippen MR) is 183 cm³/mol. The standard InChI is InChI=1S/C36H45N5O6S/c1-24-37-27(23-48-24)16-18-41-22-34(43)40(17-15-26-10-4-7-14-32(26)47-3)21-33(42)38-30-13-6-5-12-29(30)35(44)39-31(36(41)45)20-25-9-8-11-28(19-25)46-2/h4,7-11,14,19,23,29-31H,5-6,12-13,15-18,20-22H2,1-3H3,(H,38,42)(H,39,44)/t29-,30+,31+/m1/s1. The molecule has 2 aromatic carbocycles. The highest BCUT2D eigenvalue weighted by Gasteiger charge is 2.37. The fourth-order valence-corrected chi connectivity index (χ4v) is 7.18. The Morgan fingerprint density at radius 3 is 2.46 bits per heavy atom. The van der Waals surface area contributed by atoms with Crippen molar-refractivity contribution in [1.29, 1.82) is 0 Å². The molecule has 256 valence electrons. The van der Waals surface area contributed by atoms with Crippen LogP contribution in [0.1, 0.15) is 47.5 Å². The number of aromatic nitrogens is 1. The van der Waals surface area contributed by atoms with E-state index < -0.39 is 18.0 Å². The molecular formula is C36H45N5O6S. The number of aryl methyl sites for hydroxylation is 1. The van der Waals surface area contributed by atoms with E-state index in [1.165, 1.54) is 21.1 Å². The van der Waals surface area contributed by atoms with Crippen LogP contribution >= 0.6 is 11.3 Å². The number of amides is 4. The highest BCUT2D eigenvalue weighted by Crippen LogP contribution is 2.26. The van der Waals surface area contributed by atoms with Crippen LogP contribution in [0.5, 0.6) is 11.5 Å². The molecule has 11 nitrogen and oxygen atoms in total. The zero-order valence-electron chi connectivity index (χ0n) is 27.9. The Balaban J connectivity index is 1.48. The van der Waals surface area contributed by atoms with Crippen molar-refractivity contribution < 1.29 is 28.7 Å². The third kappa shape index (κ3) is 9.12. The topological polar surface area (TPSA) is 130 Å². The number of methoxy groups -OCH3 is 2. The molecule has 0 unspecified atom stereocenters. The highest BCUT2D eigenvalue weighted by atomic mass is 32.1. The third-order valence-electron chi connectivity index (χ3n) is 9.11. The van der Waals surface area contributed by atoms with E-state index in [4.69, 9.17) is 9.47 Å². The number of carbonyl (C=O) groups excluding carboxylic acids is 4. The molecule has 2 N–H and O–H groups in total. The molecule has 1 aromatic heterocycles. The predicted octanol–water partition coefficient (Wildman–Crippen LogP) is 3.33. The Morgan fingerprint density at radius 2 is 1.69 bits per heavy atom. The Hall–Kier alpha value is -4.45. The summed E-state index contributed by atoms with van der Waals surface area (Å²) in [6.07, 6.45) is 4.08. The normalized spacial score (nSPS) is 20.9. The SMILES string of the molecule is COc1cccc(C[C@@H]2NC(=O)[C@@H]3CCCC[C@@H]3NC(=O)CN(CCc3ccccc3OC)C(=O)CN(CCc3csc(C)n3)C2=O)c1. The van der Waals surface area contributed by atoms with Gasteiger partial charge in [0.25, 0.3) is 0 Å². The Kier molecular flexibility index (Phi) is 12.1. The number of nitrogens with one attached hydrogen (secondary N) is 2. The second-order valence-corrected chi connectivity index (χ2v) is 13.5. The molecule has 1 aliphatic heterocycles. The van der Waals surface area contributed by atoms with Crippen LogP contribution < -0.4 is 20.1 Å². The average Bonchev–Trinajstić information content (AvgIpc) is 3.52. The van der Waals surface area contributed by atoms with Gasteiger partial charge in [0, 0.05) is 37.4 Å². The van der Waals surface area contributed by atoms with Gasteiger partial charge < -0.3 is 29.9 Å². The smallest absolute Gasteiger partial charge is 0.245 e. The fourth-order valence-electron chi connectivity index (χ4n) is 6.54. The van der Waals surface area contributed by atoms with Gasteiger partial charge in [0.15, 0.2) is 0 Å². The molecule has 1 saturated carbocycles. The molecule has 2 heterocycles. The lowest BCUT2D eigenvalue weighted by atomic mass is 9.83. The second-order valence-electron chi connectivity index (χ2n) is 12.4. The first kappa shape index (κ1) is 34.9. The molecule has 0 radical (unpaired) electrons. The van der Waals surface area contributed by atoms with Crippen LogP contribution in [0.2, 0.25) is 0 Å². The van der Waals surface area contributed by atoms with Gasteiger partial charge in [-0.1, -0.05) is 43.2 Å². The Bertz CT molecular complexity index is 1590. The minimum Gasteiger partial charge on any atom is -0.497 e. The lowest BCUT2D eigenvalue weighted by Gasteiger charge is -2.33. The summed E-state index contributed by atoms with van der Waals surface area (Å²) in [5, 5.41) is 8.98. The maximum absolute atomic E-state index is 14.5. The Morgan fingerprint density at radius 1 is 0.896 bits per heavy atom. The number of hydrogen-bond donors (Lipinski definition) is 2. The van der Waals surface area contributed by atoms with E-state index >= 15 is 0 Å². The van der Waals surface area contributed by atoms with Crippen molar-refractivity contribution in [3.05, 3.63) is 75.7 Å². The summed E-state index contributed by atoms with van der Waals surface area (Å²) in [6.45, 7) is 1.96. The van der Waals surface area contributed by atoms with Crippen molar-refractivity contribution in [3.63, 3.8) is 0 Å². The average molecular weight is 676 g/mol. The van der Waals surface area contributed by atoms with Gasteiger partial charge >= 0.3 is 0 Å². The number of para-hydroxylation sites is 1. The molecule has 48 heavy (non-hydrogen) atoms. The first-order chi connectivity index (χ1) is 23.2. The minimum atomic E-state index is -0.935. The monoisotopic (exact) mass is 675 g/mol. The maximum atomic E-state index is 14.5. The van der Waals surface area contributed by atoms with Gasteiger partial charge in [0.2, 0.25) is 23.6 Å². The molecule has 4 amide bonds. The van der Waals surface area contributed by atoms with Crippen molar-refractivity contribution in [2.45, 2.75) is 64.0 Å². The summed E-state index contributed by atoms with van der Waals surface area (Å²) in [5.74, 6) is -0.455. The second kappa shape index (κ2) is 16.6. The maximum Gasteiger partial charge on any atom is 0.245 e. The number of carbonyl (C=O) groups is 4. The molecule has 3 aromatic rings. The van der Waals surface area contributed by atoms with E-state index in [2.05, 4.69) is 15.6 Å². The van der Waals surface area contributed by atoms with Crippen molar-refractivity contribution in [2.24, 2.45) is 5.92 Å². The zero-order valence-corrected chi connectivity index (χ0v) is 28.7. The lowest BCUT2D eigenvalue weighted by molar-refractivity contribution is -0.143. The van der Waals surface area contributed by atoms with Gasteiger partial charge in [0.05, 0.1) is 43.9 Å². The lowest BCUT2D eigenvalue weighted by Crippen LogP contribution is -2.55. The number of benzene rings is 2. The number of nitrogens with zero attached hydrogens (tertiary/aromatic N) is 3. The largest absolute Gasteiger partial charge is 0.497 e. The van der Waals surface area contributed by atoms with Crippen LogP contribution in [0.25, 0.3) is 0 Å². The van der Waals surface area contributed by atoms with Gasteiger partial charge in [-0.05, 0) is 55.5 Å². The molecule has 2 fully saturated rings. The molecular weight excluding hydrogens is 630 g/mol. The fraction of sp³-hybridized carbons (Fsp3) is 0.472. The van der Waals surface area contributed by atoms with Gasteiger partial charge in [-0.2, -0.15) is 0 Å². The van der Waals surface area contributed by atoms with E-state index in [-0.39, 0.29) is 56.2 Å². The van der Waals surface area contributed by atoms with Crippen LogP contribution in [0.3, 0.4) is 0 Å². The van der Waals surface area contributed by atoms with Crippen molar-refractivity contribution in [3.8, 4) is 11.5 Å². The molecule has 3 atom stereocenters. The summed E-state index contributed by atoms with van der Waals surface area (Å²) in [6, 6.07) is 13.7. The van der Waals surface area contributed by atoms with Crippen molar-refractivity contribution >= 4 is 35.0 Å². The molecule has 1 saturated heterocycles. The van der Waals surface area contributed by atoms with Crippen LogP contribution in [-0.4, -0.2) is 90.9 Å². The van der Waals surface area contributed by atoms with E-state index in [0.29, 0.717) is 37.2 Å². The van der Waals surface area contributed by atoms with E-state index in [1.54, 1.807) is 14.2 Å². The number of fused-ring (bicyclic) bond motifs is 1. The van der Waals surface area contributed by atoms with Crippen LogP contribution in [0, 0.1) is 12.8 Å². The quantitative estimate of drug-likeness (QED) is 0.337. The first-order valence-electron chi connectivity index (χ1n) is 16.6. The molecule has 5 rings (SSSR count). The zero-order chi connectivity index (χ0) is 34.0. The van der Waals surface area contributed by atoms with Crippen LogP contribution in [0.4, 0.5) is 0 Å². The molecule has 12 heteroatoms. The first-order valence-corrected chi connectivity index (χ1v) is 17.4. The molecule has 1 aliphatic carbocycles. The summed E-state index contributed by atoms with van der Waals surface area (Å²) < 4.78 is 10.9. The van der Waals surface area contributed by atoms with Crippen molar-refractivity contribution in [2.75, 3.05) is 40.4 Å². The van der Waals surface area contributed by atoms with Crippen LogP contribution in [-0.2, 0) is 38.4 Å². The van der Waals surface area contributed by atoms with Gasteiger partial charge in [0.1, 0.15) is 17.5 Å². The van der Waals surface area contributed by atoms with Gasteiger partial charge in [-0.15, -0.1) is 11.3 Å². The van der Waals surface area contributed by atoms with E-state index in [1.807, 2.05) is 60.8 Å². The third-order valence-corrected chi connectivity index (χ3v) is 9.93. The summed E-state index contributed by atoms with van der Waals surface area (Å²) in [5.41, 5.74) is 2.54. The number of rotatable bonds is 10. The summed E-state index contributed by atoms with van der Waals surface area (Å²) >= 11 is 1.52. The van der Waals surface area contributed by atoms with Crippen LogP contribution in [0.15, 0.2) is 53.9 Å². The summed E-state index contributed by atoms with van der Waals surface area (Å²) in [4.78, 5) is 63.6.